The summed E-state index contributed by atoms with van der Waals surface area (Å²) in [6.07, 6.45) is -5.09. The van der Waals surface area contributed by atoms with E-state index in [2.05, 4.69) is 5.32 Å². The molecule has 0 bridgehead atoms. The molecular weight excluding hydrogens is 211 g/mol. The maximum Gasteiger partial charge on any atom is 0.415 e. The number of hydrogen-bond acceptors (Lipinski definition) is 3. The van der Waals surface area contributed by atoms with Crippen LogP contribution in [0.25, 0.3) is 0 Å². The summed E-state index contributed by atoms with van der Waals surface area (Å²) in [5.41, 5.74) is -0.384. The number of aliphatic hydroxyl groups excluding tert-OH is 1. The Morgan fingerprint density at radius 1 is 1.53 bits per heavy atom. The Morgan fingerprint density at radius 3 is 2.67 bits per heavy atom. The van der Waals surface area contributed by atoms with Crippen LogP contribution in [0.2, 0.25) is 0 Å². The molecule has 2 unspecified atom stereocenters. The molecule has 1 fully saturated rings. The Balaban J connectivity index is 2.21. The lowest BCUT2D eigenvalue weighted by Crippen LogP contribution is -2.44. The van der Waals surface area contributed by atoms with Gasteiger partial charge in [-0.3, -0.25) is 0 Å². The van der Waals surface area contributed by atoms with Crippen LogP contribution in [0.15, 0.2) is 0 Å². The molecule has 1 heterocycles. The fraction of sp³-hybridized carbons (Fsp3) is 1.00. The molecule has 2 atom stereocenters. The van der Waals surface area contributed by atoms with E-state index in [1.807, 2.05) is 6.92 Å². The maximum atomic E-state index is 11.9. The van der Waals surface area contributed by atoms with Crippen molar-refractivity contribution in [2.45, 2.75) is 37.6 Å². The monoisotopic (exact) mass is 227 g/mol. The van der Waals surface area contributed by atoms with Crippen molar-refractivity contribution in [2.24, 2.45) is 0 Å². The van der Waals surface area contributed by atoms with Gasteiger partial charge in [-0.25, -0.2) is 0 Å². The second kappa shape index (κ2) is 4.67. The molecule has 0 aliphatic carbocycles. The lowest BCUT2D eigenvalue weighted by molar-refractivity contribution is -0.202. The van der Waals surface area contributed by atoms with Crippen LogP contribution in [0, 0.1) is 0 Å². The van der Waals surface area contributed by atoms with Crippen LogP contribution in [0.5, 0.6) is 0 Å². The molecule has 0 saturated carbocycles. The number of hydrogen-bond donors (Lipinski definition) is 2. The van der Waals surface area contributed by atoms with Crippen molar-refractivity contribution >= 4 is 0 Å². The molecule has 90 valence electrons. The predicted molar refractivity (Wildman–Crippen MR) is 48.5 cm³/mol. The molecule has 15 heavy (non-hydrogen) atoms. The second-order valence-corrected chi connectivity index (χ2v) is 4.09. The first kappa shape index (κ1) is 12.7. The minimum Gasteiger partial charge on any atom is -0.382 e. The van der Waals surface area contributed by atoms with Gasteiger partial charge in [-0.05, 0) is 19.8 Å². The number of halogens is 3. The van der Waals surface area contributed by atoms with E-state index in [4.69, 9.17) is 9.84 Å². The van der Waals surface area contributed by atoms with Crippen molar-refractivity contribution in [3.8, 4) is 0 Å². The van der Waals surface area contributed by atoms with Gasteiger partial charge in [-0.15, -0.1) is 0 Å². The summed E-state index contributed by atoms with van der Waals surface area (Å²) < 4.78 is 41.2. The minimum absolute atomic E-state index is 0.333. The highest BCUT2D eigenvalue weighted by molar-refractivity contribution is 4.83. The molecule has 1 aliphatic rings. The third kappa shape index (κ3) is 3.96. The van der Waals surface area contributed by atoms with Gasteiger partial charge in [0.05, 0.1) is 5.60 Å². The van der Waals surface area contributed by atoms with Crippen molar-refractivity contribution in [2.75, 3.05) is 19.7 Å². The number of ether oxygens (including phenoxy) is 1. The molecule has 0 aromatic carbocycles. The summed E-state index contributed by atoms with van der Waals surface area (Å²) >= 11 is 0. The van der Waals surface area contributed by atoms with Gasteiger partial charge in [-0.2, -0.15) is 13.2 Å². The summed E-state index contributed by atoms with van der Waals surface area (Å²) in [5.74, 6) is 0. The zero-order valence-corrected chi connectivity index (χ0v) is 8.60. The average Bonchev–Trinajstić information content (AvgIpc) is 2.50. The summed E-state index contributed by atoms with van der Waals surface area (Å²) in [4.78, 5) is 0. The lowest BCUT2D eigenvalue weighted by atomic mass is 10.0. The summed E-state index contributed by atoms with van der Waals surface area (Å²) in [5, 5.41) is 11.3. The Labute approximate surface area is 86.6 Å². The zero-order valence-electron chi connectivity index (χ0n) is 8.60. The van der Waals surface area contributed by atoms with Crippen molar-refractivity contribution in [1.82, 2.24) is 5.32 Å². The molecular formula is C9H16F3NO2. The number of rotatable bonds is 4. The Hall–Kier alpha value is -0.330. The molecule has 0 spiro atoms. The molecule has 0 radical (unpaired) electrons. The summed E-state index contributed by atoms with van der Waals surface area (Å²) in [7, 11) is 0. The van der Waals surface area contributed by atoms with E-state index in [0.29, 0.717) is 13.2 Å². The topological polar surface area (TPSA) is 41.5 Å². The summed E-state index contributed by atoms with van der Waals surface area (Å²) in [6, 6.07) is 0. The SMILES string of the molecule is CC1(CNCC(O)C(F)(F)F)CCCO1. The van der Waals surface area contributed by atoms with E-state index in [0.717, 1.165) is 12.8 Å². The van der Waals surface area contributed by atoms with Crippen LogP contribution in [0.4, 0.5) is 13.2 Å². The Morgan fingerprint density at radius 2 is 2.20 bits per heavy atom. The molecule has 0 aromatic heterocycles. The van der Waals surface area contributed by atoms with Gasteiger partial charge in [0.15, 0.2) is 6.10 Å². The molecule has 2 N–H and O–H groups in total. The maximum absolute atomic E-state index is 11.9. The third-order valence-corrected chi connectivity index (χ3v) is 2.51. The molecule has 0 amide bonds. The normalized spacial score (nSPS) is 29.4. The summed E-state index contributed by atoms with van der Waals surface area (Å²) in [6.45, 7) is 2.36. The fourth-order valence-electron chi connectivity index (χ4n) is 1.57. The lowest BCUT2D eigenvalue weighted by Gasteiger charge is -2.24. The Bertz CT molecular complexity index is 202. The van der Waals surface area contributed by atoms with Gasteiger partial charge in [-0.1, -0.05) is 0 Å². The highest BCUT2D eigenvalue weighted by Gasteiger charge is 2.38. The molecule has 1 saturated heterocycles. The molecule has 1 rings (SSSR count). The highest BCUT2D eigenvalue weighted by atomic mass is 19.4. The average molecular weight is 227 g/mol. The first-order valence-electron chi connectivity index (χ1n) is 4.93. The molecule has 3 nitrogen and oxygen atoms in total. The van der Waals surface area contributed by atoms with Crippen LogP contribution in [-0.4, -0.2) is 42.7 Å². The van der Waals surface area contributed by atoms with Crippen LogP contribution in [0.1, 0.15) is 19.8 Å². The van der Waals surface area contributed by atoms with Gasteiger partial charge in [0.1, 0.15) is 0 Å². The first-order valence-corrected chi connectivity index (χ1v) is 4.93. The number of aliphatic hydroxyl groups is 1. The quantitative estimate of drug-likeness (QED) is 0.754. The van der Waals surface area contributed by atoms with Gasteiger partial charge >= 0.3 is 6.18 Å². The van der Waals surface area contributed by atoms with E-state index in [9.17, 15) is 13.2 Å². The van der Waals surface area contributed by atoms with Crippen LogP contribution < -0.4 is 5.32 Å². The third-order valence-electron chi connectivity index (χ3n) is 2.51. The zero-order chi connectivity index (χ0) is 11.5. The second-order valence-electron chi connectivity index (χ2n) is 4.09. The van der Waals surface area contributed by atoms with Gasteiger partial charge < -0.3 is 15.2 Å². The molecule has 0 aromatic rings. The van der Waals surface area contributed by atoms with E-state index >= 15 is 0 Å². The Kier molecular flexibility index (Phi) is 3.97. The van der Waals surface area contributed by atoms with E-state index < -0.39 is 18.8 Å². The van der Waals surface area contributed by atoms with Crippen molar-refractivity contribution in [3.63, 3.8) is 0 Å². The van der Waals surface area contributed by atoms with E-state index in [-0.39, 0.29) is 5.60 Å². The molecule has 6 heteroatoms. The first-order chi connectivity index (χ1) is 6.83. The largest absolute Gasteiger partial charge is 0.415 e. The predicted octanol–water partition coefficient (Wildman–Crippen LogP) is 1.07. The standard InChI is InChI=1S/C9H16F3NO2/c1-8(3-2-4-15-8)6-13-5-7(14)9(10,11)12/h7,13-14H,2-6H2,1H3. The highest BCUT2D eigenvalue weighted by Crippen LogP contribution is 2.24. The fourth-order valence-corrected chi connectivity index (χ4v) is 1.57. The van der Waals surface area contributed by atoms with E-state index in [1.165, 1.54) is 0 Å². The smallest absolute Gasteiger partial charge is 0.382 e. The van der Waals surface area contributed by atoms with E-state index in [1.54, 1.807) is 0 Å². The number of alkyl halides is 3. The van der Waals surface area contributed by atoms with Crippen LogP contribution >= 0.6 is 0 Å². The molecule has 1 aliphatic heterocycles. The minimum atomic E-state index is -4.55. The van der Waals surface area contributed by atoms with Crippen LogP contribution in [0.3, 0.4) is 0 Å². The van der Waals surface area contributed by atoms with Crippen molar-refractivity contribution in [1.29, 1.82) is 0 Å². The van der Waals surface area contributed by atoms with Crippen molar-refractivity contribution in [3.05, 3.63) is 0 Å². The van der Waals surface area contributed by atoms with Gasteiger partial charge in [0.25, 0.3) is 0 Å². The number of nitrogens with one attached hydrogen (secondary N) is 1. The van der Waals surface area contributed by atoms with Crippen LogP contribution in [-0.2, 0) is 4.74 Å². The van der Waals surface area contributed by atoms with Crippen molar-refractivity contribution < 1.29 is 23.0 Å². The van der Waals surface area contributed by atoms with Gasteiger partial charge in [0.2, 0.25) is 0 Å². The van der Waals surface area contributed by atoms with Gasteiger partial charge in [0, 0.05) is 19.7 Å².